The van der Waals surface area contributed by atoms with Gasteiger partial charge in [0, 0.05) is 24.4 Å². The van der Waals surface area contributed by atoms with Gasteiger partial charge in [-0.1, -0.05) is 48.7 Å². The van der Waals surface area contributed by atoms with Gasteiger partial charge in [0.2, 0.25) is 0 Å². The summed E-state index contributed by atoms with van der Waals surface area (Å²) in [4.78, 5) is 27.5. The summed E-state index contributed by atoms with van der Waals surface area (Å²) in [7, 11) is 0. The third kappa shape index (κ3) is 9.00. The maximum Gasteiger partial charge on any atom is 0.303 e. The van der Waals surface area contributed by atoms with Crippen molar-refractivity contribution < 1.29 is 19.8 Å². The average molecular weight is 500 g/mol. The largest absolute Gasteiger partial charge is 0.481 e. The first kappa shape index (κ1) is 26.7. The molecule has 0 saturated carbocycles. The highest BCUT2D eigenvalue weighted by atomic mass is 35.5. The zero-order valence-electron chi connectivity index (χ0n) is 20.0. The summed E-state index contributed by atoms with van der Waals surface area (Å²) >= 11 is 6.01. The van der Waals surface area contributed by atoms with Crippen molar-refractivity contribution in [3.05, 3.63) is 64.9 Å². The minimum Gasteiger partial charge on any atom is -0.481 e. The molecule has 188 valence electrons. The molecule has 1 fully saturated rings. The molecule has 2 aromatic carbocycles. The van der Waals surface area contributed by atoms with Crippen LogP contribution in [0.1, 0.15) is 62.8 Å². The van der Waals surface area contributed by atoms with Crippen LogP contribution in [0.5, 0.6) is 0 Å². The van der Waals surface area contributed by atoms with E-state index in [-0.39, 0.29) is 12.8 Å². The van der Waals surface area contributed by atoms with Gasteiger partial charge in [-0.05, 0) is 68.6 Å². The van der Waals surface area contributed by atoms with E-state index in [1.165, 1.54) is 37.0 Å². The van der Waals surface area contributed by atoms with Gasteiger partial charge in [0.15, 0.2) is 0 Å². The second-order valence-corrected chi connectivity index (χ2v) is 9.35. The Labute approximate surface area is 211 Å². The Bertz CT molecular complexity index is 1070. The van der Waals surface area contributed by atoms with E-state index in [0.29, 0.717) is 12.8 Å². The molecule has 0 amide bonds. The molecule has 0 bridgehead atoms. The zero-order valence-corrected chi connectivity index (χ0v) is 20.8. The Hall–Kier alpha value is -2.90. The lowest BCUT2D eigenvalue weighted by molar-refractivity contribution is -0.138. The summed E-state index contributed by atoms with van der Waals surface area (Å²) in [6, 6.07) is 16.5. The molecule has 0 spiro atoms. The average Bonchev–Trinajstić information content (AvgIpc) is 3.46. The number of unbranched alkanes of at least 4 members (excludes halogenated alkanes) is 3. The topological polar surface area (TPSA) is 95.7 Å². The fourth-order valence-corrected chi connectivity index (χ4v) is 4.37. The van der Waals surface area contributed by atoms with Crippen LogP contribution in [0, 0.1) is 0 Å². The number of fused-ring (bicyclic) bond motifs is 1. The van der Waals surface area contributed by atoms with Crippen LogP contribution < -0.4 is 0 Å². The summed E-state index contributed by atoms with van der Waals surface area (Å²) in [6.45, 7) is 4.14. The Kier molecular flexibility index (Phi) is 10.6. The molecular formula is C27H34ClN3O4. The van der Waals surface area contributed by atoms with Crippen molar-refractivity contribution in [1.82, 2.24) is 14.5 Å². The van der Waals surface area contributed by atoms with E-state index in [0.717, 1.165) is 42.3 Å². The van der Waals surface area contributed by atoms with E-state index in [1.54, 1.807) is 0 Å². The molecule has 3 aromatic rings. The van der Waals surface area contributed by atoms with Crippen LogP contribution in [-0.2, 0) is 22.7 Å². The highest BCUT2D eigenvalue weighted by Gasteiger charge is 2.17. The van der Waals surface area contributed by atoms with Crippen molar-refractivity contribution in [1.29, 1.82) is 0 Å². The SMILES string of the molecule is Clc1ccc(Cn2c(CN3CCCC3)nc3ccccc32)cc1.O=C(O)CCCCCCC(=O)O. The maximum atomic E-state index is 10.0. The van der Waals surface area contributed by atoms with Gasteiger partial charge in [-0.15, -0.1) is 0 Å². The summed E-state index contributed by atoms with van der Waals surface area (Å²) in [5.41, 5.74) is 3.53. The standard InChI is InChI=1S/C19H20ClN3.C8H14O4/c20-16-9-7-15(8-10-16)13-23-18-6-2-1-5-17(18)21-19(23)14-22-11-3-4-12-22;9-7(10)5-3-1-2-4-6-8(11)12/h1-2,5-10H,3-4,11-14H2;1-6H2,(H,9,10)(H,11,12). The van der Waals surface area contributed by atoms with Gasteiger partial charge in [-0.25, -0.2) is 4.98 Å². The molecule has 0 atom stereocenters. The molecule has 0 radical (unpaired) electrons. The number of likely N-dealkylation sites (tertiary alicyclic amines) is 1. The third-order valence-electron chi connectivity index (χ3n) is 6.08. The van der Waals surface area contributed by atoms with Gasteiger partial charge in [0.05, 0.1) is 17.6 Å². The normalized spacial score (nSPS) is 13.5. The number of nitrogens with zero attached hydrogens (tertiary/aromatic N) is 3. The molecule has 0 aliphatic carbocycles. The van der Waals surface area contributed by atoms with E-state index in [2.05, 4.69) is 45.9 Å². The Morgan fingerprint density at radius 2 is 1.43 bits per heavy atom. The zero-order chi connectivity index (χ0) is 25.0. The number of carboxylic acid groups (broad SMARTS) is 2. The molecule has 8 heteroatoms. The monoisotopic (exact) mass is 499 g/mol. The molecule has 1 aliphatic heterocycles. The van der Waals surface area contributed by atoms with Crippen LogP contribution >= 0.6 is 11.6 Å². The molecule has 1 saturated heterocycles. The maximum absolute atomic E-state index is 10.0. The lowest BCUT2D eigenvalue weighted by Gasteiger charge is -2.16. The van der Waals surface area contributed by atoms with Crippen LogP contribution in [0.15, 0.2) is 48.5 Å². The van der Waals surface area contributed by atoms with Gasteiger partial charge in [0.1, 0.15) is 5.82 Å². The number of halogens is 1. The molecule has 2 heterocycles. The second kappa shape index (κ2) is 13.9. The number of para-hydroxylation sites is 2. The van der Waals surface area contributed by atoms with Crippen molar-refractivity contribution in [2.45, 2.75) is 64.5 Å². The van der Waals surface area contributed by atoms with Crippen molar-refractivity contribution in [2.24, 2.45) is 0 Å². The van der Waals surface area contributed by atoms with Gasteiger partial charge < -0.3 is 14.8 Å². The fraction of sp³-hybridized carbons (Fsp3) is 0.444. The number of rotatable bonds is 11. The molecule has 1 aliphatic rings. The number of hydrogen-bond acceptors (Lipinski definition) is 4. The number of aliphatic carboxylic acids is 2. The van der Waals surface area contributed by atoms with Crippen LogP contribution in [0.25, 0.3) is 11.0 Å². The molecule has 1 aromatic heterocycles. The van der Waals surface area contributed by atoms with Crippen molar-refractivity contribution in [3.63, 3.8) is 0 Å². The van der Waals surface area contributed by atoms with E-state index in [9.17, 15) is 9.59 Å². The summed E-state index contributed by atoms with van der Waals surface area (Å²) in [6.07, 6.45) is 5.89. The lowest BCUT2D eigenvalue weighted by atomic mass is 10.1. The molecule has 0 unspecified atom stereocenters. The van der Waals surface area contributed by atoms with Gasteiger partial charge in [-0.3, -0.25) is 14.5 Å². The van der Waals surface area contributed by atoms with E-state index < -0.39 is 11.9 Å². The van der Waals surface area contributed by atoms with Crippen molar-refractivity contribution >= 4 is 34.6 Å². The van der Waals surface area contributed by atoms with Gasteiger partial charge in [0.25, 0.3) is 0 Å². The summed E-state index contributed by atoms with van der Waals surface area (Å²) < 4.78 is 2.34. The number of benzene rings is 2. The van der Waals surface area contributed by atoms with E-state index >= 15 is 0 Å². The Morgan fingerprint density at radius 1 is 0.829 bits per heavy atom. The highest BCUT2D eigenvalue weighted by molar-refractivity contribution is 6.30. The van der Waals surface area contributed by atoms with Crippen LogP contribution in [0.3, 0.4) is 0 Å². The number of aromatic nitrogens is 2. The van der Waals surface area contributed by atoms with Crippen molar-refractivity contribution in [2.75, 3.05) is 13.1 Å². The quantitative estimate of drug-likeness (QED) is 0.322. The summed E-state index contributed by atoms with van der Waals surface area (Å²) in [5.74, 6) is -0.412. The summed E-state index contributed by atoms with van der Waals surface area (Å²) in [5, 5.41) is 17.3. The number of hydrogen-bond donors (Lipinski definition) is 2. The Balaban J connectivity index is 0.000000245. The van der Waals surface area contributed by atoms with E-state index in [4.69, 9.17) is 26.8 Å². The van der Waals surface area contributed by atoms with Crippen LogP contribution in [0.4, 0.5) is 0 Å². The predicted molar refractivity (Wildman–Crippen MR) is 138 cm³/mol. The lowest BCUT2D eigenvalue weighted by Crippen LogP contribution is -2.21. The minimum absolute atomic E-state index is 0.188. The second-order valence-electron chi connectivity index (χ2n) is 8.91. The minimum atomic E-state index is -0.784. The molecular weight excluding hydrogens is 466 g/mol. The van der Waals surface area contributed by atoms with Crippen LogP contribution in [0.2, 0.25) is 5.02 Å². The molecule has 2 N–H and O–H groups in total. The third-order valence-corrected chi connectivity index (χ3v) is 6.33. The first-order valence-corrected chi connectivity index (χ1v) is 12.6. The predicted octanol–water partition coefficient (Wildman–Crippen LogP) is 5.83. The number of carbonyl (C=O) groups is 2. The van der Waals surface area contributed by atoms with Crippen LogP contribution in [-0.4, -0.2) is 49.7 Å². The van der Waals surface area contributed by atoms with Gasteiger partial charge in [-0.2, -0.15) is 0 Å². The smallest absolute Gasteiger partial charge is 0.303 e. The molecule has 35 heavy (non-hydrogen) atoms. The fourth-order valence-electron chi connectivity index (χ4n) is 4.24. The molecule has 7 nitrogen and oxygen atoms in total. The van der Waals surface area contributed by atoms with Crippen molar-refractivity contribution in [3.8, 4) is 0 Å². The first-order valence-electron chi connectivity index (χ1n) is 12.3. The first-order chi connectivity index (χ1) is 16.9. The number of carboxylic acids is 2. The Morgan fingerprint density at radius 3 is 2.03 bits per heavy atom. The number of imidazole rings is 1. The van der Waals surface area contributed by atoms with Gasteiger partial charge >= 0.3 is 11.9 Å². The van der Waals surface area contributed by atoms with E-state index in [1.807, 2.05) is 12.1 Å². The highest BCUT2D eigenvalue weighted by Crippen LogP contribution is 2.21. The molecule has 4 rings (SSSR count).